The molecule has 0 bridgehead atoms. The highest BCUT2D eigenvalue weighted by molar-refractivity contribution is 5.79. The lowest BCUT2D eigenvalue weighted by Crippen LogP contribution is -1.84. The molecule has 0 radical (unpaired) electrons. The molecule has 27 heavy (non-hydrogen) atoms. The average Bonchev–Trinajstić information content (AvgIpc) is 2.65. The predicted octanol–water partition coefficient (Wildman–Crippen LogP) is 1.99. The van der Waals surface area contributed by atoms with E-state index in [-0.39, 0.29) is 0 Å². The Balaban J connectivity index is -0.000000147. The first-order valence-corrected chi connectivity index (χ1v) is 7.36. The van der Waals surface area contributed by atoms with Crippen molar-refractivity contribution in [2.24, 2.45) is 9.98 Å². The Morgan fingerprint density at radius 1 is 0.667 bits per heavy atom. The summed E-state index contributed by atoms with van der Waals surface area (Å²) in [5.74, 6) is -2.94. The highest BCUT2D eigenvalue weighted by Crippen LogP contribution is 1.99. The number of aliphatic imine (C=N–C) groups is 2. The smallest absolute Gasteiger partial charge is 0.327 e. The lowest BCUT2D eigenvalue weighted by Gasteiger charge is -1.93. The summed E-state index contributed by atoms with van der Waals surface area (Å²) < 4.78 is 0. The number of nitrogens with zero attached hydrogens (tertiary/aromatic N) is 2. The molecule has 0 aromatic carbocycles. The quantitative estimate of drug-likeness (QED) is 0.222. The molecule has 0 amide bonds. The van der Waals surface area contributed by atoms with Crippen molar-refractivity contribution in [3.63, 3.8) is 0 Å². The van der Waals surface area contributed by atoms with E-state index in [1.165, 1.54) is 12.2 Å². The summed E-state index contributed by atoms with van der Waals surface area (Å²) in [4.78, 5) is 53.8. The van der Waals surface area contributed by atoms with Crippen LogP contribution in [0.2, 0.25) is 0 Å². The van der Waals surface area contributed by atoms with Gasteiger partial charge in [-0.1, -0.05) is 32.6 Å². The molecule has 150 valence electrons. The molecular formula is C17H24N2O8. The minimum absolute atomic E-state index is 0.556. The molecule has 0 rings (SSSR count). The standard InChI is InChI=1S/C8H12N2O2.3C3H4O2/c11-7-9-5-3-1-2-4-6-10-8-12;3*1-2-3(4)5/h1-6H2;3*2H,1H2,(H,4,5). The largest absolute Gasteiger partial charge is 0.478 e. The zero-order valence-electron chi connectivity index (χ0n) is 14.9. The van der Waals surface area contributed by atoms with Crippen LogP contribution in [-0.4, -0.2) is 58.5 Å². The van der Waals surface area contributed by atoms with Gasteiger partial charge >= 0.3 is 17.9 Å². The van der Waals surface area contributed by atoms with Gasteiger partial charge in [-0.2, -0.15) is 0 Å². The summed E-state index contributed by atoms with van der Waals surface area (Å²) in [7, 11) is 0. The van der Waals surface area contributed by atoms with Crippen molar-refractivity contribution in [1.82, 2.24) is 0 Å². The molecule has 0 saturated carbocycles. The molecule has 10 heteroatoms. The molecule has 3 N–H and O–H groups in total. The molecule has 0 aliphatic rings. The average molecular weight is 384 g/mol. The number of rotatable bonds is 10. The predicted molar refractivity (Wildman–Crippen MR) is 97.9 cm³/mol. The number of aliphatic carboxylic acids is 3. The number of carbonyl (C=O) groups is 3. The van der Waals surface area contributed by atoms with Gasteiger partial charge in [0.05, 0.1) is 13.1 Å². The molecular weight excluding hydrogens is 360 g/mol. The summed E-state index contributed by atoms with van der Waals surface area (Å²) >= 11 is 0. The first-order valence-electron chi connectivity index (χ1n) is 7.36. The van der Waals surface area contributed by atoms with Crippen molar-refractivity contribution in [3.8, 4) is 0 Å². The highest BCUT2D eigenvalue weighted by Gasteiger charge is 1.87. The van der Waals surface area contributed by atoms with Crippen LogP contribution in [-0.2, 0) is 24.0 Å². The van der Waals surface area contributed by atoms with Crippen LogP contribution in [0.15, 0.2) is 47.9 Å². The minimum atomic E-state index is -0.981. The number of hydrogen-bond acceptors (Lipinski definition) is 7. The van der Waals surface area contributed by atoms with Crippen molar-refractivity contribution in [2.45, 2.75) is 25.7 Å². The summed E-state index contributed by atoms with van der Waals surface area (Å²) in [5.41, 5.74) is 0. The Labute approximate surface area is 157 Å². The fourth-order valence-corrected chi connectivity index (χ4v) is 0.827. The van der Waals surface area contributed by atoms with Crippen molar-refractivity contribution in [2.75, 3.05) is 13.1 Å². The van der Waals surface area contributed by atoms with E-state index >= 15 is 0 Å². The van der Waals surface area contributed by atoms with Gasteiger partial charge in [-0.05, 0) is 12.8 Å². The third-order valence-corrected chi connectivity index (χ3v) is 1.94. The number of carbonyl (C=O) groups excluding carboxylic acids is 2. The third-order valence-electron chi connectivity index (χ3n) is 1.94. The fraction of sp³-hybridized carbons (Fsp3) is 0.353. The zero-order chi connectivity index (χ0) is 21.9. The van der Waals surface area contributed by atoms with Gasteiger partial charge in [0.1, 0.15) is 0 Å². The number of carboxylic acid groups (broad SMARTS) is 3. The van der Waals surface area contributed by atoms with Gasteiger partial charge < -0.3 is 15.3 Å². The van der Waals surface area contributed by atoms with E-state index in [1.54, 1.807) is 0 Å². The van der Waals surface area contributed by atoms with Crippen LogP contribution in [0, 0.1) is 0 Å². The normalized spacial score (nSPS) is 7.26. The molecule has 0 fully saturated rings. The van der Waals surface area contributed by atoms with Crippen molar-refractivity contribution in [3.05, 3.63) is 38.0 Å². The van der Waals surface area contributed by atoms with E-state index < -0.39 is 17.9 Å². The van der Waals surface area contributed by atoms with Gasteiger partial charge in [-0.25, -0.2) is 34.0 Å². The van der Waals surface area contributed by atoms with E-state index in [4.69, 9.17) is 15.3 Å². The Morgan fingerprint density at radius 3 is 1.04 bits per heavy atom. The maximum Gasteiger partial charge on any atom is 0.327 e. The maximum absolute atomic E-state index is 9.63. The molecule has 0 spiro atoms. The first kappa shape index (κ1) is 31.2. The van der Waals surface area contributed by atoms with Crippen LogP contribution in [0.3, 0.4) is 0 Å². The monoisotopic (exact) mass is 384 g/mol. The lowest BCUT2D eigenvalue weighted by atomic mass is 10.2. The number of unbranched alkanes of at least 4 members (excludes halogenated alkanes) is 3. The molecule has 0 aromatic rings. The van der Waals surface area contributed by atoms with Crippen LogP contribution in [0.4, 0.5) is 0 Å². The number of hydrogen-bond donors (Lipinski definition) is 3. The van der Waals surface area contributed by atoms with E-state index in [1.807, 2.05) is 0 Å². The Morgan fingerprint density at radius 2 is 0.889 bits per heavy atom. The topological polar surface area (TPSA) is 171 Å². The highest BCUT2D eigenvalue weighted by atomic mass is 16.4. The summed E-state index contributed by atoms with van der Waals surface area (Å²) in [5, 5.41) is 22.8. The number of isocyanates is 2. The van der Waals surface area contributed by atoms with E-state index in [0.717, 1.165) is 43.9 Å². The van der Waals surface area contributed by atoms with E-state index in [0.29, 0.717) is 13.1 Å². The minimum Gasteiger partial charge on any atom is -0.478 e. The molecule has 0 heterocycles. The van der Waals surface area contributed by atoms with Gasteiger partial charge in [-0.3, -0.25) is 0 Å². The first-order chi connectivity index (χ1) is 12.7. The second-order valence-corrected chi connectivity index (χ2v) is 3.99. The van der Waals surface area contributed by atoms with Crippen LogP contribution in [0.5, 0.6) is 0 Å². The summed E-state index contributed by atoms with van der Waals surface area (Å²) in [6, 6.07) is 0. The SMILES string of the molecule is C=CC(=O)O.C=CC(=O)O.C=CC(=O)O.O=C=NCCCCCCN=C=O. The van der Waals surface area contributed by atoms with Gasteiger partial charge in [0.15, 0.2) is 0 Å². The Kier molecular flexibility index (Phi) is 35.0. The van der Waals surface area contributed by atoms with Gasteiger partial charge in [0.25, 0.3) is 0 Å². The maximum atomic E-state index is 9.63. The molecule has 0 aliphatic carbocycles. The van der Waals surface area contributed by atoms with Gasteiger partial charge in [0, 0.05) is 18.2 Å². The molecule has 0 saturated heterocycles. The molecule has 10 nitrogen and oxygen atoms in total. The molecule has 0 aliphatic heterocycles. The number of carboxylic acids is 3. The van der Waals surface area contributed by atoms with Gasteiger partial charge in [-0.15, -0.1) is 0 Å². The Bertz CT molecular complexity index is 480. The van der Waals surface area contributed by atoms with Crippen LogP contribution in [0.1, 0.15) is 25.7 Å². The second-order valence-electron chi connectivity index (χ2n) is 3.99. The van der Waals surface area contributed by atoms with Gasteiger partial charge in [0.2, 0.25) is 12.2 Å². The fourth-order valence-electron chi connectivity index (χ4n) is 0.827. The molecule has 0 atom stereocenters. The van der Waals surface area contributed by atoms with Crippen molar-refractivity contribution < 1.29 is 39.3 Å². The summed E-state index contributed by atoms with van der Waals surface area (Å²) in [6.07, 6.45) is 9.30. The zero-order valence-corrected chi connectivity index (χ0v) is 14.9. The Hall–Kier alpha value is -3.61. The van der Waals surface area contributed by atoms with Crippen molar-refractivity contribution in [1.29, 1.82) is 0 Å². The van der Waals surface area contributed by atoms with E-state index in [2.05, 4.69) is 29.7 Å². The molecule has 0 unspecified atom stereocenters. The second kappa shape index (κ2) is 30.3. The van der Waals surface area contributed by atoms with E-state index in [9.17, 15) is 24.0 Å². The third kappa shape index (κ3) is 71.8. The van der Waals surface area contributed by atoms with Crippen molar-refractivity contribution >= 4 is 30.1 Å². The van der Waals surface area contributed by atoms with Crippen LogP contribution >= 0.6 is 0 Å². The van der Waals surface area contributed by atoms with Crippen LogP contribution < -0.4 is 0 Å². The summed E-state index contributed by atoms with van der Waals surface area (Å²) in [6.45, 7) is 9.99. The molecule has 0 aromatic heterocycles. The van der Waals surface area contributed by atoms with Crippen LogP contribution in [0.25, 0.3) is 0 Å². The lowest BCUT2D eigenvalue weighted by molar-refractivity contribution is -0.132.